The molecule has 1 aliphatic heterocycles. The fourth-order valence-electron chi connectivity index (χ4n) is 2.28. The van der Waals surface area contributed by atoms with Gasteiger partial charge in [-0.25, -0.2) is 0 Å². The Balaban J connectivity index is 2.49. The molecule has 0 aromatic heterocycles. The number of benzene rings is 1. The zero-order valence-corrected chi connectivity index (χ0v) is 10.8. The van der Waals surface area contributed by atoms with Crippen LogP contribution in [-0.2, 0) is 6.42 Å². The van der Waals surface area contributed by atoms with Crippen molar-refractivity contribution in [2.24, 2.45) is 5.73 Å². The van der Waals surface area contributed by atoms with E-state index in [4.69, 9.17) is 10.5 Å². The average molecular weight is 235 g/mol. The maximum absolute atomic E-state index is 10.3. The Hall–Kier alpha value is -1.06. The third kappa shape index (κ3) is 2.45. The summed E-state index contributed by atoms with van der Waals surface area (Å²) in [5.74, 6) is 0.841. The molecular weight excluding hydrogens is 214 g/mol. The van der Waals surface area contributed by atoms with Gasteiger partial charge in [-0.15, -0.1) is 0 Å². The molecule has 3 heteroatoms. The van der Waals surface area contributed by atoms with Gasteiger partial charge in [-0.3, -0.25) is 0 Å². The van der Waals surface area contributed by atoms with Crippen LogP contribution in [0.3, 0.4) is 0 Å². The average Bonchev–Trinajstić information content (AvgIpc) is 2.25. The Morgan fingerprint density at radius 1 is 1.41 bits per heavy atom. The predicted molar refractivity (Wildman–Crippen MR) is 68.2 cm³/mol. The molecule has 0 fully saturated rings. The van der Waals surface area contributed by atoms with Crippen molar-refractivity contribution in [3.05, 3.63) is 28.8 Å². The summed E-state index contributed by atoms with van der Waals surface area (Å²) < 4.78 is 5.71. The van der Waals surface area contributed by atoms with Gasteiger partial charge in [0, 0.05) is 11.1 Å². The highest BCUT2D eigenvalue weighted by Gasteiger charge is 2.29. The van der Waals surface area contributed by atoms with E-state index in [1.54, 1.807) is 0 Å². The van der Waals surface area contributed by atoms with Gasteiger partial charge >= 0.3 is 0 Å². The van der Waals surface area contributed by atoms with E-state index >= 15 is 0 Å². The van der Waals surface area contributed by atoms with Crippen molar-refractivity contribution in [2.75, 3.05) is 6.61 Å². The molecule has 0 saturated carbocycles. The van der Waals surface area contributed by atoms with Crippen LogP contribution in [0.5, 0.6) is 5.75 Å². The molecule has 2 rings (SSSR count). The van der Waals surface area contributed by atoms with Crippen molar-refractivity contribution in [1.29, 1.82) is 0 Å². The number of hydrogen-bond donors (Lipinski definition) is 2. The number of aliphatic hydroxyl groups is 1. The summed E-state index contributed by atoms with van der Waals surface area (Å²) in [5.41, 5.74) is 8.49. The standard InChI is InChI=1S/C14H21NO2/c1-9-7-10-5-4-6-17-12(10)11(8-9)13(16)14(2,3)15/h7-8,13,16H,4-6,15H2,1-3H3. The zero-order chi connectivity index (χ0) is 12.6. The Morgan fingerprint density at radius 3 is 2.76 bits per heavy atom. The molecule has 3 nitrogen and oxygen atoms in total. The highest BCUT2D eigenvalue weighted by Crippen LogP contribution is 2.37. The SMILES string of the molecule is Cc1cc2c(c(C(O)C(C)(C)N)c1)OCCC2. The first kappa shape index (κ1) is 12.4. The molecule has 17 heavy (non-hydrogen) atoms. The van der Waals surface area contributed by atoms with Crippen LogP contribution in [0.2, 0.25) is 0 Å². The van der Waals surface area contributed by atoms with Crippen molar-refractivity contribution < 1.29 is 9.84 Å². The summed E-state index contributed by atoms with van der Waals surface area (Å²) in [6, 6.07) is 4.11. The summed E-state index contributed by atoms with van der Waals surface area (Å²) >= 11 is 0. The lowest BCUT2D eigenvalue weighted by Gasteiger charge is -2.30. The van der Waals surface area contributed by atoms with Crippen molar-refractivity contribution in [2.45, 2.75) is 45.3 Å². The molecule has 1 aromatic carbocycles. The van der Waals surface area contributed by atoms with Crippen LogP contribution < -0.4 is 10.5 Å². The number of aryl methyl sites for hydroxylation is 2. The molecular formula is C14H21NO2. The first-order valence-electron chi connectivity index (χ1n) is 6.13. The van der Waals surface area contributed by atoms with E-state index in [1.165, 1.54) is 5.56 Å². The van der Waals surface area contributed by atoms with Crippen LogP contribution in [-0.4, -0.2) is 17.3 Å². The van der Waals surface area contributed by atoms with Crippen LogP contribution in [0.1, 0.15) is 43.1 Å². The lowest BCUT2D eigenvalue weighted by Crippen LogP contribution is -2.39. The number of nitrogens with two attached hydrogens (primary N) is 1. The fourth-order valence-corrected chi connectivity index (χ4v) is 2.28. The summed E-state index contributed by atoms with van der Waals surface area (Å²) in [4.78, 5) is 0. The molecule has 1 heterocycles. The fraction of sp³-hybridized carbons (Fsp3) is 0.571. The molecule has 1 aromatic rings. The van der Waals surface area contributed by atoms with Crippen molar-refractivity contribution in [3.63, 3.8) is 0 Å². The van der Waals surface area contributed by atoms with E-state index < -0.39 is 11.6 Å². The number of ether oxygens (including phenoxy) is 1. The molecule has 0 spiro atoms. The van der Waals surface area contributed by atoms with Crippen LogP contribution in [0.15, 0.2) is 12.1 Å². The molecule has 0 bridgehead atoms. The van der Waals surface area contributed by atoms with E-state index in [1.807, 2.05) is 26.8 Å². The molecule has 0 aliphatic carbocycles. The summed E-state index contributed by atoms with van der Waals surface area (Å²) in [7, 11) is 0. The number of hydrogen-bond acceptors (Lipinski definition) is 3. The number of rotatable bonds is 2. The van der Waals surface area contributed by atoms with Crippen LogP contribution in [0.25, 0.3) is 0 Å². The molecule has 1 unspecified atom stereocenters. The van der Waals surface area contributed by atoms with Crippen LogP contribution in [0.4, 0.5) is 0 Å². The molecule has 1 aliphatic rings. The minimum Gasteiger partial charge on any atom is -0.493 e. The first-order chi connectivity index (χ1) is 7.89. The van der Waals surface area contributed by atoms with Gasteiger partial charge in [-0.05, 0) is 45.2 Å². The largest absolute Gasteiger partial charge is 0.493 e. The Kier molecular flexibility index (Phi) is 3.15. The van der Waals surface area contributed by atoms with Crippen molar-refractivity contribution >= 4 is 0 Å². The molecule has 94 valence electrons. The van der Waals surface area contributed by atoms with Crippen molar-refractivity contribution in [1.82, 2.24) is 0 Å². The smallest absolute Gasteiger partial charge is 0.128 e. The van der Waals surface area contributed by atoms with E-state index in [0.717, 1.165) is 36.3 Å². The molecule has 0 radical (unpaired) electrons. The predicted octanol–water partition coefficient (Wildman–Crippen LogP) is 2.09. The van der Waals surface area contributed by atoms with E-state index in [0.29, 0.717) is 0 Å². The molecule has 1 atom stereocenters. The summed E-state index contributed by atoms with van der Waals surface area (Å²) in [6.07, 6.45) is 1.36. The Bertz CT molecular complexity index is 421. The maximum atomic E-state index is 10.3. The quantitative estimate of drug-likeness (QED) is 0.825. The minimum atomic E-state index is -0.700. The first-order valence-corrected chi connectivity index (χ1v) is 6.13. The topological polar surface area (TPSA) is 55.5 Å². The molecule has 0 saturated heterocycles. The van der Waals surface area contributed by atoms with Gasteiger partial charge in [0.2, 0.25) is 0 Å². The van der Waals surface area contributed by atoms with Gasteiger partial charge in [0.1, 0.15) is 5.75 Å². The van der Waals surface area contributed by atoms with E-state index in [-0.39, 0.29) is 0 Å². The highest BCUT2D eigenvalue weighted by molar-refractivity contribution is 5.47. The second kappa shape index (κ2) is 4.31. The highest BCUT2D eigenvalue weighted by atomic mass is 16.5. The zero-order valence-electron chi connectivity index (χ0n) is 10.8. The van der Waals surface area contributed by atoms with Gasteiger partial charge < -0.3 is 15.6 Å². The van der Waals surface area contributed by atoms with Gasteiger partial charge in [-0.2, -0.15) is 0 Å². The minimum absolute atomic E-state index is 0.664. The normalized spacial score (nSPS) is 17.2. The van der Waals surface area contributed by atoms with Crippen LogP contribution in [0, 0.1) is 6.92 Å². The second-order valence-electron chi connectivity index (χ2n) is 5.52. The van der Waals surface area contributed by atoms with Gasteiger partial charge in [0.05, 0.1) is 12.7 Å². The summed E-state index contributed by atoms with van der Waals surface area (Å²) in [5, 5.41) is 10.3. The Labute approximate surface area is 103 Å². The molecule has 0 amide bonds. The third-order valence-electron chi connectivity index (χ3n) is 3.18. The third-order valence-corrected chi connectivity index (χ3v) is 3.18. The lowest BCUT2D eigenvalue weighted by molar-refractivity contribution is 0.0996. The van der Waals surface area contributed by atoms with Gasteiger partial charge in [-0.1, -0.05) is 11.6 Å². The number of aliphatic hydroxyl groups excluding tert-OH is 1. The summed E-state index contributed by atoms with van der Waals surface area (Å²) in [6.45, 7) is 6.42. The Morgan fingerprint density at radius 2 is 2.12 bits per heavy atom. The van der Waals surface area contributed by atoms with Crippen molar-refractivity contribution in [3.8, 4) is 5.75 Å². The van der Waals surface area contributed by atoms with Gasteiger partial charge in [0.25, 0.3) is 0 Å². The van der Waals surface area contributed by atoms with Gasteiger partial charge in [0.15, 0.2) is 0 Å². The molecule has 3 N–H and O–H groups in total. The van der Waals surface area contributed by atoms with E-state index in [2.05, 4.69) is 6.07 Å². The number of fused-ring (bicyclic) bond motifs is 1. The second-order valence-corrected chi connectivity index (χ2v) is 5.52. The maximum Gasteiger partial charge on any atom is 0.128 e. The monoisotopic (exact) mass is 235 g/mol. The van der Waals surface area contributed by atoms with Crippen LogP contribution >= 0.6 is 0 Å². The lowest BCUT2D eigenvalue weighted by atomic mass is 9.88. The van der Waals surface area contributed by atoms with E-state index in [9.17, 15) is 5.11 Å².